The van der Waals surface area contributed by atoms with Crippen LogP contribution in [-0.4, -0.2) is 45.8 Å². The maximum atomic E-state index is 6.46. The van der Waals surface area contributed by atoms with Crippen LogP contribution in [0.15, 0.2) is 30.3 Å². The summed E-state index contributed by atoms with van der Waals surface area (Å²) >= 11 is 12.5. The molecule has 0 spiro atoms. The lowest BCUT2D eigenvalue weighted by molar-refractivity contribution is 0.250. The van der Waals surface area contributed by atoms with Crippen molar-refractivity contribution in [2.75, 3.05) is 40.9 Å². The Morgan fingerprint density at radius 1 is 1.12 bits per heavy atom. The van der Waals surface area contributed by atoms with E-state index in [0.717, 1.165) is 36.6 Å². The third kappa shape index (κ3) is 4.26. The van der Waals surface area contributed by atoms with Gasteiger partial charge in [0.15, 0.2) is 11.5 Å². The molecule has 0 aliphatic carbocycles. The van der Waals surface area contributed by atoms with Gasteiger partial charge in [0.1, 0.15) is 6.61 Å². The maximum Gasteiger partial charge on any atom is 0.161 e. The van der Waals surface area contributed by atoms with E-state index in [1.807, 2.05) is 26.2 Å². The Bertz CT molecular complexity index is 781. The molecule has 140 valence electrons. The zero-order valence-corrected chi connectivity index (χ0v) is 16.8. The molecule has 1 N–H and O–H groups in total. The van der Waals surface area contributed by atoms with Gasteiger partial charge in [-0.1, -0.05) is 29.3 Å². The first-order valence-corrected chi connectivity index (χ1v) is 9.42. The molecule has 0 saturated heterocycles. The van der Waals surface area contributed by atoms with Crippen LogP contribution in [0.25, 0.3) is 0 Å². The standard InChI is InChI=1S/C20H24Cl2N2O2/c1-24(2)8-9-26-19-12-16-13(10-18(19)25-3)6-7-23-20(16)15-5-4-14(21)11-17(15)22/h4-5,10-12,20,23H,6-9H2,1-3H3. The molecule has 6 heteroatoms. The van der Waals surface area contributed by atoms with Gasteiger partial charge >= 0.3 is 0 Å². The number of hydrogen-bond donors (Lipinski definition) is 1. The highest BCUT2D eigenvalue weighted by molar-refractivity contribution is 6.35. The average Bonchev–Trinajstić information content (AvgIpc) is 2.60. The molecular formula is C20H24Cl2N2O2. The first-order valence-electron chi connectivity index (χ1n) is 8.66. The van der Waals surface area contributed by atoms with Crippen molar-refractivity contribution in [1.29, 1.82) is 0 Å². The number of nitrogens with zero attached hydrogens (tertiary/aromatic N) is 1. The highest BCUT2D eigenvalue weighted by Crippen LogP contribution is 2.39. The SMILES string of the molecule is COc1cc2c(cc1OCCN(C)C)C(c1ccc(Cl)cc1Cl)NCC2. The predicted molar refractivity (Wildman–Crippen MR) is 107 cm³/mol. The molecule has 0 amide bonds. The quantitative estimate of drug-likeness (QED) is 0.796. The van der Waals surface area contributed by atoms with Crippen molar-refractivity contribution >= 4 is 23.2 Å². The van der Waals surface area contributed by atoms with E-state index in [2.05, 4.69) is 22.3 Å². The van der Waals surface area contributed by atoms with E-state index < -0.39 is 0 Å². The van der Waals surface area contributed by atoms with Gasteiger partial charge in [0, 0.05) is 23.1 Å². The summed E-state index contributed by atoms with van der Waals surface area (Å²) in [5.41, 5.74) is 3.43. The Hall–Kier alpha value is -1.46. The van der Waals surface area contributed by atoms with E-state index in [-0.39, 0.29) is 6.04 Å². The monoisotopic (exact) mass is 394 g/mol. The van der Waals surface area contributed by atoms with Crippen LogP contribution >= 0.6 is 23.2 Å². The Labute approximate surface area is 165 Å². The lowest BCUT2D eigenvalue weighted by Gasteiger charge is -2.29. The van der Waals surface area contributed by atoms with E-state index in [1.165, 1.54) is 11.1 Å². The van der Waals surface area contributed by atoms with Crippen LogP contribution in [0, 0.1) is 0 Å². The van der Waals surface area contributed by atoms with Gasteiger partial charge < -0.3 is 19.7 Å². The van der Waals surface area contributed by atoms with Crippen LogP contribution in [0.3, 0.4) is 0 Å². The van der Waals surface area contributed by atoms with E-state index in [9.17, 15) is 0 Å². The molecule has 1 aliphatic heterocycles. The predicted octanol–water partition coefficient (Wildman–Crippen LogP) is 4.18. The summed E-state index contributed by atoms with van der Waals surface area (Å²) in [6.45, 7) is 2.31. The summed E-state index contributed by atoms with van der Waals surface area (Å²) in [5.74, 6) is 1.53. The van der Waals surface area contributed by atoms with Gasteiger partial charge in [0.2, 0.25) is 0 Å². The summed E-state index contributed by atoms with van der Waals surface area (Å²) in [7, 11) is 5.72. The molecule has 1 heterocycles. The molecule has 1 aliphatic rings. The van der Waals surface area contributed by atoms with E-state index in [1.54, 1.807) is 13.2 Å². The number of nitrogens with one attached hydrogen (secondary N) is 1. The second kappa shape index (κ2) is 8.49. The highest BCUT2D eigenvalue weighted by Gasteiger charge is 2.25. The van der Waals surface area contributed by atoms with Crippen molar-refractivity contribution in [2.24, 2.45) is 0 Å². The maximum absolute atomic E-state index is 6.46. The van der Waals surface area contributed by atoms with Gasteiger partial charge in [0.25, 0.3) is 0 Å². The van der Waals surface area contributed by atoms with Crippen LogP contribution in [0.4, 0.5) is 0 Å². The smallest absolute Gasteiger partial charge is 0.161 e. The summed E-state index contributed by atoms with van der Waals surface area (Å²) < 4.78 is 11.5. The molecule has 0 radical (unpaired) electrons. The summed E-state index contributed by atoms with van der Waals surface area (Å²) in [6, 6.07) is 9.80. The van der Waals surface area contributed by atoms with E-state index in [0.29, 0.717) is 16.7 Å². The molecule has 4 nitrogen and oxygen atoms in total. The summed E-state index contributed by atoms with van der Waals surface area (Å²) in [4.78, 5) is 2.09. The Balaban J connectivity index is 1.96. The third-order valence-electron chi connectivity index (χ3n) is 4.55. The number of methoxy groups -OCH3 is 1. The number of likely N-dealkylation sites (N-methyl/N-ethyl adjacent to an activating group) is 1. The first kappa shape index (κ1) is 19.3. The van der Waals surface area contributed by atoms with Crippen molar-refractivity contribution < 1.29 is 9.47 Å². The molecule has 0 fully saturated rings. The summed E-state index contributed by atoms with van der Waals surface area (Å²) in [5, 5.41) is 4.86. The fourth-order valence-corrected chi connectivity index (χ4v) is 3.71. The van der Waals surface area contributed by atoms with Crippen LogP contribution < -0.4 is 14.8 Å². The van der Waals surface area contributed by atoms with Crippen molar-refractivity contribution in [1.82, 2.24) is 10.2 Å². The lowest BCUT2D eigenvalue weighted by Crippen LogP contribution is -2.31. The molecule has 0 saturated carbocycles. The summed E-state index contributed by atoms with van der Waals surface area (Å²) in [6.07, 6.45) is 0.936. The van der Waals surface area contributed by atoms with Crippen LogP contribution in [0.1, 0.15) is 22.7 Å². The van der Waals surface area contributed by atoms with Crippen molar-refractivity contribution in [3.05, 3.63) is 57.1 Å². The molecule has 2 aromatic rings. The van der Waals surface area contributed by atoms with Gasteiger partial charge in [0.05, 0.1) is 13.2 Å². The molecule has 1 atom stereocenters. The molecule has 26 heavy (non-hydrogen) atoms. The minimum absolute atomic E-state index is 0.00521. The number of ether oxygens (including phenoxy) is 2. The number of halogens is 2. The molecule has 0 bridgehead atoms. The fourth-order valence-electron chi connectivity index (χ4n) is 3.19. The van der Waals surface area contributed by atoms with Crippen LogP contribution in [0.5, 0.6) is 11.5 Å². The second-order valence-electron chi connectivity index (χ2n) is 6.66. The van der Waals surface area contributed by atoms with Gasteiger partial charge in [-0.15, -0.1) is 0 Å². The molecule has 3 rings (SSSR count). The number of rotatable bonds is 6. The zero-order valence-electron chi connectivity index (χ0n) is 15.3. The largest absolute Gasteiger partial charge is 0.493 e. The average molecular weight is 395 g/mol. The normalized spacial score (nSPS) is 16.5. The van der Waals surface area contributed by atoms with Gasteiger partial charge in [-0.05, 0) is 61.5 Å². The fraction of sp³-hybridized carbons (Fsp3) is 0.400. The van der Waals surface area contributed by atoms with E-state index >= 15 is 0 Å². The Morgan fingerprint density at radius 3 is 2.62 bits per heavy atom. The molecular weight excluding hydrogens is 371 g/mol. The minimum atomic E-state index is 0.00521. The second-order valence-corrected chi connectivity index (χ2v) is 7.50. The number of fused-ring (bicyclic) bond motifs is 1. The van der Waals surface area contributed by atoms with Crippen molar-refractivity contribution in [3.8, 4) is 11.5 Å². The van der Waals surface area contributed by atoms with Gasteiger partial charge in [-0.3, -0.25) is 0 Å². The topological polar surface area (TPSA) is 33.7 Å². The lowest BCUT2D eigenvalue weighted by atomic mass is 9.89. The Morgan fingerprint density at radius 2 is 1.92 bits per heavy atom. The van der Waals surface area contributed by atoms with Gasteiger partial charge in [-0.2, -0.15) is 0 Å². The molecule has 0 aromatic heterocycles. The van der Waals surface area contributed by atoms with E-state index in [4.69, 9.17) is 32.7 Å². The zero-order chi connectivity index (χ0) is 18.7. The molecule has 2 aromatic carbocycles. The number of benzene rings is 2. The molecule has 1 unspecified atom stereocenters. The third-order valence-corrected chi connectivity index (χ3v) is 5.11. The van der Waals surface area contributed by atoms with Crippen molar-refractivity contribution in [3.63, 3.8) is 0 Å². The number of hydrogen-bond acceptors (Lipinski definition) is 4. The van der Waals surface area contributed by atoms with Crippen LogP contribution in [0.2, 0.25) is 10.0 Å². The Kier molecular flexibility index (Phi) is 6.30. The first-order chi connectivity index (χ1) is 12.5. The highest BCUT2D eigenvalue weighted by atomic mass is 35.5. The minimum Gasteiger partial charge on any atom is -0.493 e. The van der Waals surface area contributed by atoms with Crippen LogP contribution in [-0.2, 0) is 6.42 Å². The van der Waals surface area contributed by atoms with Gasteiger partial charge in [-0.25, -0.2) is 0 Å². The van der Waals surface area contributed by atoms with Crippen molar-refractivity contribution in [2.45, 2.75) is 12.5 Å².